The number of cyclic esters (lactones) is 1. The van der Waals surface area contributed by atoms with E-state index in [1.807, 2.05) is 0 Å². The quantitative estimate of drug-likeness (QED) is 0.502. The molecule has 1 aromatic rings. The van der Waals surface area contributed by atoms with Crippen molar-refractivity contribution in [2.24, 2.45) is 28.6 Å². The highest BCUT2D eigenvalue weighted by Gasteiger charge is 2.78. The van der Waals surface area contributed by atoms with Crippen LogP contribution < -0.4 is 0 Å². The van der Waals surface area contributed by atoms with Crippen molar-refractivity contribution < 1.29 is 47.1 Å². The molecule has 1 aliphatic heterocycles. The minimum absolute atomic E-state index is 0.00656. The van der Waals surface area contributed by atoms with Crippen LogP contribution in [0, 0.1) is 35.5 Å². The lowest BCUT2D eigenvalue weighted by Crippen LogP contribution is -2.70. The fourth-order valence-electron chi connectivity index (χ4n) is 8.68. The van der Waals surface area contributed by atoms with Gasteiger partial charge in [-0.2, -0.15) is 0 Å². The molecule has 3 saturated carbocycles. The fraction of sp³-hybridized carbons (Fsp3) is 0.633. The van der Waals surface area contributed by atoms with Gasteiger partial charge in [-0.1, -0.05) is 36.8 Å². The largest absolute Gasteiger partial charge is 0.465 e. The number of ether oxygens (including phenoxy) is 2. The summed E-state index contributed by atoms with van der Waals surface area (Å²) in [7, 11) is 0. The average molecular weight is 606 g/mol. The molecule has 5 aliphatic rings. The van der Waals surface area contributed by atoms with E-state index in [9.17, 15) is 24.3 Å². The summed E-state index contributed by atoms with van der Waals surface area (Å²) in [4.78, 5) is 52.3. The number of alkyl halides is 2. The Kier molecular flexibility index (Phi) is 6.66. The van der Waals surface area contributed by atoms with Gasteiger partial charge < -0.3 is 19.1 Å². The molecule has 0 aromatic carbocycles. The van der Waals surface area contributed by atoms with E-state index >= 15 is 8.78 Å². The lowest BCUT2D eigenvalue weighted by Gasteiger charge is -2.63. The number of fused-ring (bicyclic) bond motifs is 5. The van der Waals surface area contributed by atoms with E-state index < -0.39 is 80.2 Å². The van der Waals surface area contributed by atoms with E-state index in [0.717, 1.165) is 17.8 Å². The molecule has 1 aromatic heterocycles. The van der Waals surface area contributed by atoms with E-state index in [0.29, 0.717) is 5.76 Å². The molecule has 226 valence electrons. The average Bonchev–Trinajstić information content (AvgIpc) is 3.60. The third kappa shape index (κ3) is 3.72. The van der Waals surface area contributed by atoms with Crippen LogP contribution in [0.1, 0.15) is 62.7 Å². The lowest BCUT2D eigenvalue weighted by atomic mass is 9.44. The normalized spacial score (nSPS) is 44.1. The first-order valence-electron chi connectivity index (χ1n) is 14.2. The van der Waals surface area contributed by atoms with Crippen LogP contribution in [0.15, 0.2) is 34.4 Å². The summed E-state index contributed by atoms with van der Waals surface area (Å²) in [5, 5.41) is 14.0. The van der Waals surface area contributed by atoms with Gasteiger partial charge in [0.1, 0.15) is 17.2 Å². The summed E-state index contributed by atoms with van der Waals surface area (Å²) in [6, 6.07) is 1.37. The molecular formula is C30H33F2NO8S. The zero-order valence-corrected chi connectivity index (χ0v) is 24.5. The van der Waals surface area contributed by atoms with E-state index in [4.69, 9.17) is 14.0 Å². The molecule has 6 rings (SSSR count). The summed E-state index contributed by atoms with van der Waals surface area (Å²) < 4.78 is 49.7. The minimum atomic E-state index is -2.36. The topological polar surface area (TPSA) is 133 Å². The maximum Gasteiger partial charge on any atom is 0.361 e. The number of carbonyl (C=O) groups excluding carboxylic acids is 4. The van der Waals surface area contributed by atoms with Crippen LogP contribution in [0.5, 0.6) is 0 Å². The van der Waals surface area contributed by atoms with Crippen molar-refractivity contribution in [3.8, 4) is 0 Å². The second kappa shape index (κ2) is 9.57. The van der Waals surface area contributed by atoms with Crippen molar-refractivity contribution in [2.75, 3.05) is 6.61 Å². The van der Waals surface area contributed by atoms with Gasteiger partial charge in [-0.3, -0.25) is 14.4 Å². The molecule has 0 bridgehead atoms. The van der Waals surface area contributed by atoms with E-state index in [1.54, 1.807) is 20.8 Å². The molecule has 10 atom stereocenters. The van der Waals surface area contributed by atoms with Crippen LogP contribution in [0.3, 0.4) is 0 Å². The number of ketones is 1. The Morgan fingerprint density at radius 2 is 1.95 bits per heavy atom. The number of nitrogens with zero attached hydrogens (tertiary/aromatic N) is 1. The molecule has 1 N–H and O–H groups in total. The fourth-order valence-corrected chi connectivity index (χ4v) is 9.97. The van der Waals surface area contributed by atoms with E-state index in [1.165, 1.54) is 25.1 Å². The number of halogens is 2. The van der Waals surface area contributed by atoms with Crippen molar-refractivity contribution in [2.45, 2.75) is 82.2 Å². The van der Waals surface area contributed by atoms with Crippen molar-refractivity contribution in [1.82, 2.24) is 5.16 Å². The molecule has 4 aliphatic carbocycles. The maximum atomic E-state index is 17.6. The molecule has 2 heterocycles. The van der Waals surface area contributed by atoms with Crippen LogP contribution in [0.4, 0.5) is 8.78 Å². The molecule has 0 amide bonds. The van der Waals surface area contributed by atoms with Gasteiger partial charge in [-0.25, -0.2) is 13.6 Å². The molecule has 9 nitrogen and oxygen atoms in total. The number of allylic oxidation sites excluding steroid dienone is 4. The number of rotatable bonds is 4. The van der Waals surface area contributed by atoms with Crippen molar-refractivity contribution in [3.63, 3.8) is 0 Å². The monoisotopic (exact) mass is 605 g/mol. The summed E-state index contributed by atoms with van der Waals surface area (Å²) in [6.45, 7) is 6.63. The molecule has 42 heavy (non-hydrogen) atoms. The Morgan fingerprint density at radius 3 is 2.60 bits per heavy atom. The number of thioether (sulfide) groups is 1. The Labute approximate surface area is 245 Å². The number of esters is 2. The molecule has 0 spiro atoms. The van der Waals surface area contributed by atoms with Crippen LogP contribution in [-0.2, 0) is 23.9 Å². The van der Waals surface area contributed by atoms with Crippen LogP contribution in [0.2, 0.25) is 0 Å². The first-order valence-corrected chi connectivity index (χ1v) is 15.1. The number of hydrogen-bond acceptors (Lipinski definition) is 10. The van der Waals surface area contributed by atoms with Gasteiger partial charge in [0.25, 0.3) is 0 Å². The number of carbonyl (C=O) groups is 4. The van der Waals surface area contributed by atoms with E-state index in [2.05, 4.69) is 5.16 Å². The van der Waals surface area contributed by atoms with Gasteiger partial charge in [-0.05, 0) is 56.8 Å². The Hall–Kier alpha value is -2.86. The van der Waals surface area contributed by atoms with Gasteiger partial charge in [0.15, 0.2) is 22.7 Å². The van der Waals surface area contributed by atoms with Gasteiger partial charge in [0, 0.05) is 35.2 Å². The summed E-state index contributed by atoms with van der Waals surface area (Å²) in [5.41, 5.74) is -7.40. The van der Waals surface area contributed by atoms with Crippen LogP contribution in [0.25, 0.3) is 0 Å². The Morgan fingerprint density at radius 1 is 1.21 bits per heavy atom. The molecule has 12 heteroatoms. The predicted octanol–water partition coefficient (Wildman–Crippen LogP) is 4.02. The number of aliphatic hydroxyl groups excluding tert-OH is 1. The van der Waals surface area contributed by atoms with Crippen molar-refractivity contribution in [1.29, 1.82) is 0 Å². The SMILES string of the molecule is Cc1cc(C(=O)O[C@]2(C(=O)S[C@H]3CCOC3=O)[C@H](C)C[C@H]3[C@@H]4C[C@H](F)C5=CC(=O)C=C[C@]5(C)[C@@]4(F)[C@@H](O)C[C@@]32C)no1. The molecule has 0 unspecified atom stereocenters. The number of aliphatic hydroxyl groups is 1. The van der Waals surface area contributed by atoms with Gasteiger partial charge in [-0.15, -0.1) is 0 Å². The number of aromatic nitrogens is 1. The summed E-state index contributed by atoms with van der Waals surface area (Å²) >= 11 is 0.718. The number of aryl methyl sites for hydroxylation is 1. The van der Waals surface area contributed by atoms with Gasteiger partial charge >= 0.3 is 11.9 Å². The predicted molar refractivity (Wildman–Crippen MR) is 145 cm³/mol. The lowest BCUT2D eigenvalue weighted by molar-refractivity contribution is -0.221. The first-order chi connectivity index (χ1) is 19.7. The van der Waals surface area contributed by atoms with Crippen LogP contribution in [-0.4, -0.2) is 68.5 Å². The summed E-state index contributed by atoms with van der Waals surface area (Å²) in [6.07, 6.45) is 0.187. The second-order valence-corrected chi connectivity index (χ2v) is 14.0. The first kappa shape index (κ1) is 29.2. The Balaban J connectivity index is 1.46. The highest BCUT2D eigenvalue weighted by Crippen LogP contribution is 2.72. The Bertz CT molecular complexity index is 1440. The third-order valence-corrected chi connectivity index (χ3v) is 11.9. The van der Waals surface area contributed by atoms with Crippen molar-refractivity contribution >= 4 is 34.6 Å². The maximum absolute atomic E-state index is 17.6. The molecule has 4 fully saturated rings. The second-order valence-electron chi connectivity index (χ2n) is 12.8. The van der Waals surface area contributed by atoms with Gasteiger partial charge in [0.2, 0.25) is 5.12 Å². The third-order valence-electron chi connectivity index (χ3n) is 10.7. The van der Waals surface area contributed by atoms with E-state index in [-0.39, 0.29) is 43.6 Å². The smallest absolute Gasteiger partial charge is 0.361 e. The zero-order valence-electron chi connectivity index (χ0n) is 23.7. The minimum Gasteiger partial charge on any atom is -0.465 e. The number of hydrogen-bond donors (Lipinski definition) is 1. The molecular weight excluding hydrogens is 572 g/mol. The van der Waals surface area contributed by atoms with Crippen molar-refractivity contribution in [3.05, 3.63) is 41.3 Å². The van der Waals surface area contributed by atoms with Gasteiger partial charge in [0.05, 0.1) is 12.7 Å². The molecule has 0 radical (unpaired) electrons. The highest BCUT2D eigenvalue weighted by atomic mass is 32.2. The standard InChI is InChI=1S/C30H33F2NO8S/c1-14-9-17-18-12-20(31)19-11-16(34)5-7-27(19,3)29(18,32)23(35)13-28(17,4)30(14,26(38)42-22-6-8-39-25(22)37)40-24(36)21-10-15(2)41-33-21/h5,7,10-11,14,17-18,20,22-23,35H,6,8-9,12-13H2,1-4H3/t14-,17+,18+,20+,22+,23+,27+,28+,29+,30+/m1/s1. The summed E-state index contributed by atoms with van der Waals surface area (Å²) in [5.74, 6) is -4.06. The highest BCUT2D eigenvalue weighted by molar-refractivity contribution is 8.14. The van der Waals surface area contributed by atoms with Crippen LogP contribution >= 0.6 is 11.8 Å². The zero-order chi connectivity index (χ0) is 30.4. The molecule has 1 saturated heterocycles.